The molecule has 1 unspecified atom stereocenters. The van der Waals surface area contributed by atoms with Gasteiger partial charge in [-0.05, 0) is 12.1 Å². The Labute approximate surface area is 127 Å². The molecule has 2 aliphatic heterocycles. The van der Waals surface area contributed by atoms with Gasteiger partial charge in [0.05, 0.1) is 13.2 Å². The zero-order chi connectivity index (χ0) is 14.7. The molecule has 0 saturated carbocycles. The van der Waals surface area contributed by atoms with E-state index in [1.807, 2.05) is 16.7 Å². The minimum absolute atomic E-state index is 0.0105. The number of thioether (sulfide) groups is 1. The number of hydrogen-bond acceptors (Lipinski definition) is 5. The highest BCUT2D eigenvalue weighted by atomic mass is 32.2. The molecule has 0 aromatic carbocycles. The van der Waals surface area contributed by atoms with E-state index in [1.165, 1.54) is 6.07 Å². The number of pyridine rings is 1. The van der Waals surface area contributed by atoms with E-state index in [0.29, 0.717) is 25.5 Å². The fourth-order valence-corrected chi connectivity index (χ4v) is 3.49. The molecule has 1 aromatic rings. The highest BCUT2D eigenvalue weighted by Gasteiger charge is 2.32. The molecule has 2 saturated heterocycles. The Kier molecular flexibility index (Phi) is 4.60. The molecule has 0 N–H and O–H groups in total. The van der Waals surface area contributed by atoms with Gasteiger partial charge in [-0.2, -0.15) is 11.8 Å². The molecule has 1 atom stereocenters. The first-order chi connectivity index (χ1) is 10.3. The maximum absolute atomic E-state index is 13.8. The lowest BCUT2D eigenvalue weighted by molar-refractivity contribution is -0.144. The van der Waals surface area contributed by atoms with Crippen LogP contribution in [0.1, 0.15) is 0 Å². The van der Waals surface area contributed by atoms with E-state index in [2.05, 4.69) is 4.98 Å². The zero-order valence-electron chi connectivity index (χ0n) is 11.7. The van der Waals surface area contributed by atoms with Crippen LogP contribution in [-0.2, 0) is 9.53 Å². The Bertz CT molecular complexity index is 511. The van der Waals surface area contributed by atoms with Crippen LogP contribution in [0.4, 0.5) is 10.2 Å². The van der Waals surface area contributed by atoms with Gasteiger partial charge >= 0.3 is 0 Å². The van der Waals surface area contributed by atoms with E-state index >= 15 is 0 Å². The molecule has 3 heterocycles. The number of nitrogens with zero attached hydrogens (tertiary/aromatic N) is 3. The summed E-state index contributed by atoms with van der Waals surface area (Å²) in [5.41, 5.74) is 0. The van der Waals surface area contributed by atoms with Crippen molar-refractivity contribution in [3.63, 3.8) is 0 Å². The molecule has 114 valence electrons. The van der Waals surface area contributed by atoms with Crippen LogP contribution in [0.5, 0.6) is 0 Å². The van der Waals surface area contributed by atoms with Crippen molar-refractivity contribution in [3.05, 3.63) is 24.1 Å². The SMILES string of the molecule is O=C(C1CN(c2ncccc2F)CCO1)N1CCSCC1. The van der Waals surface area contributed by atoms with Gasteiger partial charge < -0.3 is 14.5 Å². The molecule has 3 rings (SSSR count). The van der Waals surface area contributed by atoms with E-state index in [-0.39, 0.29) is 11.7 Å². The second kappa shape index (κ2) is 6.62. The van der Waals surface area contributed by atoms with Crippen LogP contribution in [0.3, 0.4) is 0 Å². The number of morpholine rings is 1. The number of anilines is 1. The van der Waals surface area contributed by atoms with E-state index in [0.717, 1.165) is 24.6 Å². The summed E-state index contributed by atoms with van der Waals surface area (Å²) in [6.07, 6.45) is 1.04. The van der Waals surface area contributed by atoms with Crippen molar-refractivity contribution in [1.82, 2.24) is 9.88 Å². The lowest BCUT2D eigenvalue weighted by atomic mass is 10.2. The van der Waals surface area contributed by atoms with E-state index in [9.17, 15) is 9.18 Å². The van der Waals surface area contributed by atoms with Crippen molar-refractivity contribution in [2.75, 3.05) is 49.2 Å². The summed E-state index contributed by atoms with van der Waals surface area (Å²) < 4.78 is 19.4. The summed E-state index contributed by atoms with van der Waals surface area (Å²) in [7, 11) is 0. The molecule has 2 fully saturated rings. The molecule has 1 aromatic heterocycles. The average Bonchev–Trinajstić information content (AvgIpc) is 2.55. The van der Waals surface area contributed by atoms with Gasteiger partial charge in [-0.25, -0.2) is 9.37 Å². The highest BCUT2D eigenvalue weighted by Crippen LogP contribution is 2.20. The third kappa shape index (κ3) is 3.29. The lowest BCUT2D eigenvalue weighted by Gasteiger charge is -2.36. The molecule has 21 heavy (non-hydrogen) atoms. The van der Waals surface area contributed by atoms with Crippen LogP contribution in [-0.4, -0.2) is 66.2 Å². The first-order valence-corrected chi connectivity index (χ1v) is 8.25. The van der Waals surface area contributed by atoms with E-state index in [1.54, 1.807) is 17.2 Å². The van der Waals surface area contributed by atoms with Crippen LogP contribution in [0.15, 0.2) is 18.3 Å². The monoisotopic (exact) mass is 311 g/mol. The Morgan fingerprint density at radius 2 is 2.19 bits per heavy atom. The largest absolute Gasteiger partial charge is 0.365 e. The number of carbonyl (C=O) groups is 1. The molecule has 2 aliphatic rings. The summed E-state index contributed by atoms with van der Waals surface area (Å²) >= 11 is 1.86. The Balaban J connectivity index is 1.68. The van der Waals surface area contributed by atoms with Crippen molar-refractivity contribution in [3.8, 4) is 0 Å². The Morgan fingerprint density at radius 1 is 1.38 bits per heavy atom. The highest BCUT2D eigenvalue weighted by molar-refractivity contribution is 7.99. The zero-order valence-corrected chi connectivity index (χ0v) is 12.5. The molecular weight excluding hydrogens is 293 g/mol. The third-order valence-corrected chi connectivity index (χ3v) is 4.65. The van der Waals surface area contributed by atoms with Gasteiger partial charge in [-0.1, -0.05) is 0 Å². The number of aromatic nitrogens is 1. The van der Waals surface area contributed by atoms with Crippen LogP contribution >= 0.6 is 11.8 Å². The molecule has 0 aliphatic carbocycles. The van der Waals surface area contributed by atoms with Gasteiger partial charge in [0.15, 0.2) is 17.7 Å². The standard InChI is InChI=1S/C14H18FN3O2S/c15-11-2-1-3-16-13(11)18-4-7-20-12(10-18)14(19)17-5-8-21-9-6-17/h1-3,12H,4-10H2. The second-order valence-electron chi connectivity index (χ2n) is 5.05. The average molecular weight is 311 g/mol. The number of hydrogen-bond donors (Lipinski definition) is 0. The maximum Gasteiger partial charge on any atom is 0.253 e. The van der Waals surface area contributed by atoms with Crippen LogP contribution < -0.4 is 4.90 Å². The number of halogens is 1. The molecule has 0 bridgehead atoms. The van der Waals surface area contributed by atoms with Gasteiger partial charge in [0.25, 0.3) is 5.91 Å². The number of amides is 1. The molecule has 5 nitrogen and oxygen atoms in total. The predicted molar refractivity (Wildman–Crippen MR) is 80.1 cm³/mol. The molecule has 0 spiro atoms. The van der Waals surface area contributed by atoms with Gasteiger partial charge in [0.2, 0.25) is 0 Å². The van der Waals surface area contributed by atoms with Crippen LogP contribution in [0.2, 0.25) is 0 Å². The van der Waals surface area contributed by atoms with Gasteiger partial charge in [-0.15, -0.1) is 0 Å². The molecular formula is C14H18FN3O2S. The Hall–Kier alpha value is -1.34. The summed E-state index contributed by atoms with van der Waals surface area (Å²) in [5.74, 6) is 1.89. The number of carbonyl (C=O) groups excluding carboxylic acids is 1. The van der Waals surface area contributed by atoms with Crippen LogP contribution in [0, 0.1) is 5.82 Å². The summed E-state index contributed by atoms with van der Waals surface area (Å²) in [5, 5.41) is 0. The smallest absolute Gasteiger partial charge is 0.253 e. The number of rotatable bonds is 2. The molecule has 0 radical (unpaired) electrons. The van der Waals surface area contributed by atoms with E-state index < -0.39 is 6.10 Å². The van der Waals surface area contributed by atoms with Gasteiger partial charge in [-0.3, -0.25) is 4.79 Å². The van der Waals surface area contributed by atoms with Gasteiger partial charge in [0, 0.05) is 37.3 Å². The van der Waals surface area contributed by atoms with Crippen molar-refractivity contribution in [2.45, 2.75) is 6.10 Å². The molecule has 1 amide bonds. The normalized spacial score (nSPS) is 23.2. The number of ether oxygens (including phenoxy) is 1. The summed E-state index contributed by atoms with van der Waals surface area (Å²) in [4.78, 5) is 20.2. The summed E-state index contributed by atoms with van der Waals surface area (Å²) in [6.45, 7) is 2.85. The first-order valence-electron chi connectivity index (χ1n) is 7.09. The fraction of sp³-hybridized carbons (Fsp3) is 0.571. The third-order valence-electron chi connectivity index (χ3n) is 3.70. The quantitative estimate of drug-likeness (QED) is 0.815. The lowest BCUT2D eigenvalue weighted by Crippen LogP contribution is -2.53. The van der Waals surface area contributed by atoms with Crippen molar-refractivity contribution in [1.29, 1.82) is 0 Å². The van der Waals surface area contributed by atoms with Gasteiger partial charge in [0.1, 0.15) is 0 Å². The minimum atomic E-state index is -0.525. The maximum atomic E-state index is 13.8. The van der Waals surface area contributed by atoms with Crippen molar-refractivity contribution < 1.29 is 13.9 Å². The fourth-order valence-electron chi connectivity index (χ4n) is 2.59. The Morgan fingerprint density at radius 3 is 2.95 bits per heavy atom. The second-order valence-corrected chi connectivity index (χ2v) is 6.28. The summed E-state index contributed by atoms with van der Waals surface area (Å²) in [6, 6.07) is 2.95. The van der Waals surface area contributed by atoms with E-state index in [4.69, 9.17) is 4.74 Å². The topological polar surface area (TPSA) is 45.7 Å². The molecule has 7 heteroatoms. The first kappa shape index (κ1) is 14.6. The minimum Gasteiger partial charge on any atom is -0.365 e. The van der Waals surface area contributed by atoms with Crippen LogP contribution in [0.25, 0.3) is 0 Å². The van der Waals surface area contributed by atoms with Crippen molar-refractivity contribution in [2.24, 2.45) is 0 Å². The predicted octanol–water partition coefficient (Wildman–Crippen LogP) is 1.00. The van der Waals surface area contributed by atoms with Crippen molar-refractivity contribution >= 4 is 23.5 Å².